The monoisotopic (exact) mass is 249 g/mol. The summed E-state index contributed by atoms with van der Waals surface area (Å²) in [6, 6.07) is 3.56. The molecule has 0 bridgehead atoms. The standard InChI is InChI=1S/C15H23NO2/c1-3-4-5-6-7-8-11-14-13(15(17)18-2)10-9-12-16-14/h9-10,12H,3-8,11H2,1-2H3. The van der Waals surface area contributed by atoms with Crippen molar-refractivity contribution in [2.75, 3.05) is 7.11 Å². The van der Waals surface area contributed by atoms with Crippen LogP contribution < -0.4 is 0 Å². The van der Waals surface area contributed by atoms with E-state index < -0.39 is 0 Å². The predicted molar refractivity (Wildman–Crippen MR) is 72.7 cm³/mol. The van der Waals surface area contributed by atoms with E-state index in [4.69, 9.17) is 4.74 Å². The van der Waals surface area contributed by atoms with Crippen LogP contribution in [0, 0.1) is 0 Å². The molecule has 0 atom stereocenters. The third kappa shape index (κ3) is 4.86. The van der Waals surface area contributed by atoms with Crippen LogP contribution in [0.25, 0.3) is 0 Å². The Kier molecular flexibility index (Phi) is 7.07. The first-order chi connectivity index (χ1) is 8.79. The first-order valence-corrected chi connectivity index (χ1v) is 6.81. The number of aromatic nitrogens is 1. The van der Waals surface area contributed by atoms with Gasteiger partial charge in [0.1, 0.15) is 0 Å². The second kappa shape index (κ2) is 8.67. The van der Waals surface area contributed by atoms with Gasteiger partial charge in [0.15, 0.2) is 0 Å². The highest BCUT2D eigenvalue weighted by atomic mass is 16.5. The van der Waals surface area contributed by atoms with E-state index in [2.05, 4.69) is 11.9 Å². The number of aryl methyl sites for hydroxylation is 1. The lowest BCUT2D eigenvalue weighted by Crippen LogP contribution is -2.07. The Balaban J connectivity index is 2.39. The lowest BCUT2D eigenvalue weighted by molar-refractivity contribution is 0.0599. The number of carbonyl (C=O) groups excluding carboxylic acids is 1. The Labute approximate surface area is 110 Å². The van der Waals surface area contributed by atoms with Crippen molar-refractivity contribution in [3.05, 3.63) is 29.6 Å². The maximum absolute atomic E-state index is 11.5. The van der Waals surface area contributed by atoms with Gasteiger partial charge in [-0.15, -0.1) is 0 Å². The fraction of sp³-hybridized carbons (Fsp3) is 0.600. The van der Waals surface area contributed by atoms with Crippen molar-refractivity contribution in [1.29, 1.82) is 0 Å². The summed E-state index contributed by atoms with van der Waals surface area (Å²) in [6.45, 7) is 2.22. The smallest absolute Gasteiger partial charge is 0.339 e. The largest absolute Gasteiger partial charge is 0.465 e. The van der Waals surface area contributed by atoms with Crippen LogP contribution in [-0.2, 0) is 11.2 Å². The quantitative estimate of drug-likeness (QED) is 0.520. The first kappa shape index (κ1) is 14.7. The number of unbranched alkanes of at least 4 members (excludes halogenated alkanes) is 5. The Bertz CT molecular complexity index is 363. The SMILES string of the molecule is CCCCCCCCc1ncccc1C(=O)OC. The van der Waals surface area contributed by atoms with Gasteiger partial charge in [-0.1, -0.05) is 39.0 Å². The van der Waals surface area contributed by atoms with Gasteiger partial charge in [-0.05, 0) is 25.0 Å². The molecule has 1 heterocycles. The summed E-state index contributed by atoms with van der Waals surface area (Å²) in [5, 5.41) is 0. The van der Waals surface area contributed by atoms with Crippen molar-refractivity contribution < 1.29 is 9.53 Å². The second-order valence-electron chi connectivity index (χ2n) is 4.51. The molecule has 0 spiro atoms. The first-order valence-electron chi connectivity index (χ1n) is 6.81. The minimum atomic E-state index is -0.288. The Morgan fingerprint density at radius 2 is 1.94 bits per heavy atom. The van der Waals surface area contributed by atoms with Crippen molar-refractivity contribution in [1.82, 2.24) is 4.98 Å². The molecule has 0 N–H and O–H groups in total. The molecule has 1 aromatic heterocycles. The minimum absolute atomic E-state index is 0.288. The number of methoxy groups -OCH3 is 1. The number of esters is 1. The molecule has 18 heavy (non-hydrogen) atoms. The van der Waals surface area contributed by atoms with Crippen LogP contribution >= 0.6 is 0 Å². The van der Waals surface area contributed by atoms with Crippen LogP contribution in [0.3, 0.4) is 0 Å². The van der Waals surface area contributed by atoms with Crippen molar-refractivity contribution >= 4 is 5.97 Å². The van der Waals surface area contributed by atoms with Crippen LogP contribution in [0.15, 0.2) is 18.3 Å². The van der Waals surface area contributed by atoms with Gasteiger partial charge in [0.05, 0.1) is 18.4 Å². The molecule has 0 aliphatic carbocycles. The molecule has 0 saturated carbocycles. The Morgan fingerprint density at radius 3 is 2.67 bits per heavy atom. The molecule has 0 aromatic carbocycles. The molecular formula is C15H23NO2. The number of hydrogen-bond donors (Lipinski definition) is 0. The molecule has 1 rings (SSSR count). The zero-order valence-corrected chi connectivity index (χ0v) is 11.4. The number of hydrogen-bond acceptors (Lipinski definition) is 3. The van der Waals surface area contributed by atoms with Gasteiger partial charge in [-0.2, -0.15) is 0 Å². The predicted octanol–water partition coefficient (Wildman–Crippen LogP) is 3.77. The van der Waals surface area contributed by atoms with Gasteiger partial charge in [-0.25, -0.2) is 4.79 Å². The van der Waals surface area contributed by atoms with Gasteiger partial charge in [0, 0.05) is 6.20 Å². The molecule has 0 radical (unpaired) electrons. The molecule has 0 aliphatic heterocycles. The van der Waals surface area contributed by atoms with Crippen molar-refractivity contribution in [2.24, 2.45) is 0 Å². The number of pyridine rings is 1. The average molecular weight is 249 g/mol. The zero-order chi connectivity index (χ0) is 13.2. The summed E-state index contributed by atoms with van der Waals surface area (Å²) in [6.07, 6.45) is 10.1. The molecule has 0 amide bonds. The Hall–Kier alpha value is -1.38. The van der Waals surface area contributed by atoms with Crippen LogP contribution in [-0.4, -0.2) is 18.1 Å². The molecule has 0 aliphatic rings. The average Bonchev–Trinajstić information content (AvgIpc) is 2.42. The van der Waals surface area contributed by atoms with E-state index in [1.807, 2.05) is 0 Å². The summed E-state index contributed by atoms with van der Waals surface area (Å²) >= 11 is 0. The second-order valence-corrected chi connectivity index (χ2v) is 4.51. The summed E-state index contributed by atoms with van der Waals surface area (Å²) in [4.78, 5) is 15.8. The number of carbonyl (C=O) groups is 1. The zero-order valence-electron chi connectivity index (χ0n) is 11.4. The number of nitrogens with zero attached hydrogens (tertiary/aromatic N) is 1. The topological polar surface area (TPSA) is 39.2 Å². The molecular weight excluding hydrogens is 226 g/mol. The van der Waals surface area contributed by atoms with Gasteiger partial charge < -0.3 is 4.74 Å². The maximum atomic E-state index is 11.5. The van der Waals surface area contributed by atoms with E-state index >= 15 is 0 Å². The molecule has 100 valence electrons. The fourth-order valence-corrected chi connectivity index (χ4v) is 2.01. The van der Waals surface area contributed by atoms with Gasteiger partial charge >= 0.3 is 5.97 Å². The third-order valence-electron chi connectivity index (χ3n) is 3.06. The molecule has 3 nitrogen and oxygen atoms in total. The minimum Gasteiger partial charge on any atom is -0.465 e. The van der Waals surface area contributed by atoms with E-state index in [0.717, 1.165) is 18.5 Å². The molecule has 0 fully saturated rings. The fourth-order valence-electron chi connectivity index (χ4n) is 2.01. The van der Waals surface area contributed by atoms with Crippen LogP contribution in [0.2, 0.25) is 0 Å². The molecule has 1 aromatic rings. The van der Waals surface area contributed by atoms with Gasteiger partial charge in [-0.3, -0.25) is 4.98 Å². The third-order valence-corrected chi connectivity index (χ3v) is 3.06. The van der Waals surface area contributed by atoms with Crippen LogP contribution in [0.5, 0.6) is 0 Å². The number of rotatable bonds is 8. The summed E-state index contributed by atoms with van der Waals surface area (Å²) in [5.74, 6) is -0.288. The molecule has 0 saturated heterocycles. The lowest BCUT2D eigenvalue weighted by atomic mass is 10.1. The van der Waals surface area contributed by atoms with E-state index in [9.17, 15) is 4.79 Å². The van der Waals surface area contributed by atoms with Crippen molar-refractivity contribution in [3.63, 3.8) is 0 Å². The highest BCUT2D eigenvalue weighted by Crippen LogP contribution is 2.12. The maximum Gasteiger partial charge on any atom is 0.339 e. The normalized spacial score (nSPS) is 10.3. The van der Waals surface area contributed by atoms with Crippen LogP contribution in [0.1, 0.15) is 61.5 Å². The Morgan fingerprint density at radius 1 is 1.22 bits per heavy atom. The van der Waals surface area contributed by atoms with Crippen LogP contribution in [0.4, 0.5) is 0 Å². The highest BCUT2D eigenvalue weighted by Gasteiger charge is 2.11. The molecule has 3 heteroatoms. The summed E-state index contributed by atoms with van der Waals surface area (Å²) in [7, 11) is 1.41. The van der Waals surface area contributed by atoms with E-state index in [1.165, 1.54) is 39.2 Å². The highest BCUT2D eigenvalue weighted by molar-refractivity contribution is 5.90. The van der Waals surface area contributed by atoms with Gasteiger partial charge in [0.25, 0.3) is 0 Å². The van der Waals surface area contributed by atoms with Crippen molar-refractivity contribution in [3.8, 4) is 0 Å². The lowest BCUT2D eigenvalue weighted by Gasteiger charge is -2.06. The molecule has 0 unspecified atom stereocenters. The van der Waals surface area contributed by atoms with E-state index in [1.54, 1.807) is 18.3 Å². The summed E-state index contributed by atoms with van der Waals surface area (Å²) in [5.41, 5.74) is 1.47. The van der Waals surface area contributed by atoms with Crippen molar-refractivity contribution in [2.45, 2.75) is 51.9 Å². The van der Waals surface area contributed by atoms with E-state index in [0.29, 0.717) is 5.56 Å². The summed E-state index contributed by atoms with van der Waals surface area (Å²) < 4.78 is 4.76. The van der Waals surface area contributed by atoms with Gasteiger partial charge in [0.2, 0.25) is 0 Å². The number of ether oxygens (including phenoxy) is 1. The van der Waals surface area contributed by atoms with E-state index in [-0.39, 0.29) is 5.97 Å².